The number of para-hydroxylation sites is 1. The second-order valence-electron chi connectivity index (χ2n) is 4.76. The van der Waals surface area contributed by atoms with Gasteiger partial charge in [-0.1, -0.05) is 18.2 Å². The molecule has 0 amide bonds. The number of ether oxygens (including phenoxy) is 2. The molecule has 1 fully saturated rings. The molecule has 2 aliphatic rings. The van der Waals surface area contributed by atoms with E-state index in [1.807, 2.05) is 25.1 Å². The van der Waals surface area contributed by atoms with E-state index >= 15 is 0 Å². The number of benzene rings is 1. The number of fused-ring (bicyclic) bond motifs is 2. The molecule has 1 spiro atoms. The molecule has 1 heterocycles. The maximum Gasteiger partial charge on any atom is 0.309 e. The lowest BCUT2D eigenvalue weighted by Crippen LogP contribution is -2.24. The summed E-state index contributed by atoms with van der Waals surface area (Å²) in [7, 11) is 0. The Kier molecular flexibility index (Phi) is 2.35. The molecule has 17 heavy (non-hydrogen) atoms. The van der Waals surface area contributed by atoms with Crippen LogP contribution < -0.4 is 4.74 Å². The molecular formula is C14H16O3. The van der Waals surface area contributed by atoms with E-state index in [-0.39, 0.29) is 17.3 Å². The molecule has 0 N–H and O–H groups in total. The molecule has 1 aliphatic heterocycles. The van der Waals surface area contributed by atoms with Gasteiger partial charge in [0.25, 0.3) is 0 Å². The largest absolute Gasteiger partial charge is 0.493 e. The van der Waals surface area contributed by atoms with Crippen LogP contribution in [0, 0.1) is 5.92 Å². The summed E-state index contributed by atoms with van der Waals surface area (Å²) in [6, 6.07) is 8.04. The predicted octanol–water partition coefficient (Wildman–Crippen LogP) is 2.29. The maximum absolute atomic E-state index is 11.8. The molecule has 0 saturated heterocycles. The average molecular weight is 232 g/mol. The second kappa shape index (κ2) is 3.76. The van der Waals surface area contributed by atoms with Crippen molar-refractivity contribution in [1.29, 1.82) is 0 Å². The minimum atomic E-state index is -0.0517. The average Bonchev–Trinajstić information content (AvgIpc) is 3.06. The first-order valence-corrected chi connectivity index (χ1v) is 6.17. The summed E-state index contributed by atoms with van der Waals surface area (Å²) in [4.78, 5) is 11.8. The summed E-state index contributed by atoms with van der Waals surface area (Å²) >= 11 is 0. The van der Waals surface area contributed by atoms with Crippen molar-refractivity contribution in [2.24, 2.45) is 5.92 Å². The number of hydrogen-bond donors (Lipinski definition) is 0. The maximum atomic E-state index is 11.8. The van der Waals surface area contributed by atoms with Crippen molar-refractivity contribution in [3.8, 4) is 5.75 Å². The molecule has 1 aromatic carbocycles. The van der Waals surface area contributed by atoms with Crippen molar-refractivity contribution in [2.45, 2.75) is 25.2 Å². The summed E-state index contributed by atoms with van der Waals surface area (Å²) in [5.74, 6) is 0.919. The number of hydrogen-bond acceptors (Lipinski definition) is 3. The van der Waals surface area contributed by atoms with Crippen LogP contribution in [0.15, 0.2) is 24.3 Å². The molecule has 1 aliphatic carbocycles. The molecule has 1 aromatic rings. The molecule has 3 heteroatoms. The van der Waals surface area contributed by atoms with Crippen molar-refractivity contribution in [3.63, 3.8) is 0 Å². The Bertz CT molecular complexity index is 455. The molecule has 2 atom stereocenters. The third kappa shape index (κ3) is 1.53. The van der Waals surface area contributed by atoms with E-state index < -0.39 is 0 Å². The SMILES string of the molecule is CCOC(=O)C1CC12CCOc1ccccc12. The lowest BCUT2D eigenvalue weighted by atomic mass is 9.87. The van der Waals surface area contributed by atoms with Gasteiger partial charge >= 0.3 is 5.97 Å². The highest BCUT2D eigenvalue weighted by molar-refractivity contribution is 5.79. The van der Waals surface area contributed by atoms with Crippen LogP contribution in [-0.4, -0.2) is 19.2 Å². The lowest BCUT2D eigenvalue weighted by Gasteiger charge is -2.26. The second-order valence-corrected chi connectivity index (χ2v) is 4.76. The standard InChI is InChI=1S/C14H16O3/c1-2-16-13(15)11-9-14(11)7-8-17-12-6-4-3-5-10(12)14/h3-6,11H,2,7-9H2,1H3. The van der Waals surface area contributed by atoms with Gasteiger partial charge in [0.2, 0.25) is 0 Å². The summed E-state index contributed by atoms with van der Waals surface area (Å²) in [6.45, 7) is 3.02. The number of carbonyl (C=O) groups excluding carboxylic acids is 1. The normalized spacial score (nSPS) is 29.4. The molecule has 90 valence electrons. The highest BCUT2D eigenvalue weighted by Gasteiger charge is 2.61. The van der Waals surface area contributed by atoms with Gasteiger partial charge in [-0.05, 0) is 25.8 Å². The van der Waals surface area contributed by atoms with Gasteiger partial charge in [0.05, 0.1) is 19.1 Å². The van der Waals surface area contributed by atoms with Crippen LogP contribution in [-0.2, 0) is 14.9 Å². The molecule has 2 unspecified atom stereocenters. The van der Waals surface area contributed by atoms with Crippen molar-refractivity contribution < 1.29 is 14.3 Å². The first kappa shape index (κ1) is 10.6. The van der Waals surface area contributed by atoms with Crippen LogP contribution in [0.3, 0.4) is 0 Å². The van der Waals surface area contributed by atoms with E-state index in [1.165, 1.54) is 5.56 Å². The number of carbonyl (C=O) groups is 1. The van der Waals surface area contributed by atoms with Crippen molar-refractivity contribution in [3.05, 3.63) is 29.8 Å². The Labute approximate surface area is 101 Å². The van der Waals surface area contributed by atoms with Crippen molar-refractivity contribution >= 4 is 5.97 Å². The minimum Gasteiger partial charge on any atom is -0.493 e. The third-order valence-corrected chi connectivity index (χ3v) is 3.88. The fourth-order valence-corrected chi connectivity index (χ4v) is 2.91. The Morgan fingerprint density at radius 3 is 3.18 bits per heavy atom. The third-order valence-electron chi connectivity index (χ3n) is 3.88. The van der Waals surface area contributed by atoms with Crippen LogP contribution in [0.2, 0.25) is 0 Å². The van der Waals surface area contributed by atoms with Gasteiger partial charge < -0.3 is 9.47 Å². The van der Waals surface area contributed by atoms with Crippen LogP contribution in [0.25, 0.3) is 0 Å². The van der Waals surface area contributed by atoms with Crippen LogP contribution in [0.5, 0.6) is 5.75 Å². The highest BCUT2D eigenvalue weighted by atomic mass is 16.5. The smallest absolute Gasteiger partial charge is 0.309 e. The minimum absolute atomic E-state index is 0.00109. The first-order valence-electron chi connectivity index (χ1n) is 6.17. The molecule has 0 aromatic heterocycles. The van der Waals surface area contributed by atoms with Gasteiger partial charge in [-0.25, -0.2) is 0 Å². The zero-order chi connectivity index (χ0) is 11.9. The molecule has 0 radical (unpaired) electrons. The fourth-order valence-electron chi connectivity index (χ4n) is 2.91. The monoisotopic (exact) mass is 232 g/mol. The summed E-state index contributed by atoms with van der Waals surface area (Å²) in [5, 5.41) is 0. The zero-order valence-electron chi connectivity index (χ0n) is 9.94. The highest BCUT2D eigenvalue weighted by Crippen LogP contribution is 2.60. The summed E-state index contributed by atoms with van der Waals surface area (Å²) < 4.78 is 10.8. The molecule has 3 rings (SSSR count). The quantitative estimate of drug-likeness (QED) is 0.734. The predicted molar refractivity (Wildman–Crippen MR) is 63.0 cm³/mol. The van der Waals surface area contributed by atoms with E-state index in [2.05, 4.69) is 6.07 Å². The van der Waals surface area contributed by atoms with Crippen LogP contribution in [0.4, 0.5) is 0 Å². The van der Waals surface area contributed by atoms with Gasteiger partial charge in [-0.3, -0.25) is 4.79 Å². The number of rotatable bonds is 2. The van der Waals surface area contributed by atoms with E-state index in [4.69, 9.17) is 9.47 Å². The van der Waals surface area contributed by atoms with Crippen LogP contribution in [0.1, 0.15) is 25.3 Å². The lowest BCUT2D eigenvalue weighted by molar-refractivity contribution is -0.145. The van der Waals surface area contributed by atoms with Gasteiger partial charge in [0.1, 0.15) is 5.75 Å². The number of esters is 1. The molecule has 1 saturated carbocycles. The van der Waals surface area contributed by atoms with E-state index in [0.29, 0.717) is 13.2 Å². The van der Waals surface area contributed by atoms with Crippen LogP contribution >= 0.6 is 0 Å². The van der Waals surface area contributed by atoms with Gasteiger partial charge in [0, 0.05) is 11.0 Å². The zero-order valence-corrected chi connectivity index (χ0v) is 9.94. The van der Waals surface area contributed by atoms with Gasteiger partial charge in [0.15, 0.2) is 0 Å². The Morgan fingerprint density at radius 1 is 1.53 bits per heavy atom. The molecular weight excluding hydrogens is 216 g/mol. The van der Waals surface area contributed by atoms with Gasteiger partial charge in [-0.2, -0.15) is 0 Å². The Balaban J connectivity index is 1.90. The van der Waals surface area contributed by atoms with Crippen molar-refractivity contribution in [2.75, 3.05) is 13.2 Å². The van der Waals surface area contributed by atoms with E-state index in [0.717, 1.165) is 18.6 Å². The topological polar surface area (TPSA) is 35.5 Å². The van der Waals surface area contributed by atoms with Crippen molar-refractivity contribution in [1.82, 2.24) is 0 Å². The molecule has 3 nitrogen and oxygen atoms in total. The van der Waals surface area contributed by atoms with Gasteiger partial charge in [-0.15, -0.1) is 0 Å². The summed E-state index contributed by atoms with van der Waals surface area (Å²) in [6.07, 6.45) is 1.83. The summed E-state index contributed by atoms with van der Waals surface area (Å²) in [5.41, 5.74) is 1.19. The fraction of sp³-hybridized carbons (Fsp3) is 0.500. The molecule has 0 bridgehead atoms. The Hall–Kier alpha value is -1.51. The first-order chi connectivity index (χ1) is 8.28. The Morgan fingerprint density at radius 2 is 2.35 bits per heavy atom. The van der Waals surface area contributed by atoms with E-state index in [1.54, 1.807) is 0 Å². The van der Waals surface area contributed by atoms with E-state index in [9.17, 15) is 4.79 Å².